The highest BCUT2D eigenvalue weighted by molar-refractivity contribution is 5.96. The molecule has 1 aliphatic heterocycles. The van der Waals surface area contributed by atoms with Crippen molar-refractivity contribution in [3.63, 3.8) is 0 Å². The molecule has 1 aliphatic rings. The van der Waals surface area contributed by atoms with Gasteiger partial charge in [-0.25, -0.2) is 0 Å². The van der Waals surface area contributed by atoms with Gasteiger partial charge in [0.2, 0.25) is 0 Å². The third-order valence-electron chi connectivity index (χ3n) is 5.62. The van der Waals surface area contributed by atoms with Gasteiger partial charge in [0.15, 0.2) is 5.78 Å². The van der Waals surface area contributed by atoms with Crippen LogP contribution in [0.4, 0.5) is 0 Å². The second-order valence-electron chi connectivity index (χ2n) is 7.87. The summed E-state index contributed by atoms with van der Waals surface area (Å²) in [7, 11) is 0. The molecule has 1 saturated heterocycles. The first kappa shape index (κ1) is 25.0. The summed E-state index contributed by atoms with van der Waals surface area (Å²) >= 11 is 0. The maximum atomic E-state index is 12.6. The fourth-order valence-electron chi connectivity index (χ4n) is 3.82. The lowest BCUT2D eigenvalue weighted by molar-refractivity contribution is 0.0958. The molecule has 0 bridgehead atoms. The average molecular weight is 410 g/mol. The van der Waals surface area contributed by atoms with Crippen molar-refractivity contribution in [2.75, 3.05) is 26.2 Å². The Morgan fingerprint density at radius 2 is 1.71 bits per heavy atom. The molecule has 0 amide bonds. The number of likely N-dealkylation sites (tertiary alicyclic amines) is 1. The van der Waals surface area contributed by atoms with E-state index in [1.54, 1.807) is 0 Å². The van der Waals surface area contributed by atoms with Gasteiger partial charge in [-0.2, -0.15) is 0 Å². The van der Waals surface area contributed by atoms with Crippen molar-refractivity contribution >= 4 is 18.2 Å². The van der Waals surface area contributed by atoms with Crippen LogP contribution in [0, 0.1) is 0 Å². The van der Waals surface area contributed by atoms with E-state index in [1.165, 1.54) is 51.4 Å². The van der Waals surface area contributed by atoms with Crippen LogP contribution in [-0.4, -0.2) is 36.9 Å². The van der Waals surface area contributed by atoms with E-state index in [0.29, 0.717) is 6.42 Å². The Kier molecular flexibility index (Phi) is 13.3. The summed E-state index contributed by atoms with van der Waals surface area (Å²) in [5, 5.41) is 0. The predicted octanol–water partition coefficient (Wildman–Crippen LogP) is 6.47. The number of halogens is 1. The maximum absolute atomic E-state index is 12.6. The summed E-state index contributed by atoms with van der Waals surface area (Å²) < 4.78 is 6.00. The lowest BCUT2D eigenvalue weighted by Crippen LogP contribution is -2.31. The number of rotatable bonds is 13. The van der Waals surface area contributed by atoms with Gasteiger partial charge in [-0.3, -0.25) is 4.79 Å². The molecule has 1 aromatic rings. The van der Waals surface area contributed by atoms with Crippen molar-refractivity contribution in [2.45, 2.75) is 84.5 Å². The number of carbonyl (C=O) groups excluding carboxylic acids is 1. The van der Waals surface area contributed by atoms with Crippen molar-refractivity contribution in [1.82, 2.24) is 4.90 Å². The fraction of sp³-hybridized carbons (Fsp3) is 0.708. The lowest BCUT2D eigenvalue weighted by Gasteiger charge is -2.26. The van der Waals surface area contributed by atoms with Crippen LogP contribution < -0.4 is 4.74 Å². The van der Waals surface area contributed by atoms with Gasteiger partial charge in [0.25, 0.3) is 0 Å². The quantitative estimate of drug-likeness (QED) is 0.276. The summed E-state index contributed by atoms with van der Waals surface area (Å²) in [5.74, 6) is 1.22. The van der Waals surface area contributed by atoms with Gasteiger partial charge in [-0.1, -0.05) is 52.4 Å². The molecule has 2 rings (SSSR count). The summed E-state index contributed by atoms with van der Waals surface area (Å²) in [4.78, 5) is 15.0. The number of hydrogen-bond acceptors (Lipinski definition) is 3. The van der Waals surface area contributed by atoms with Crippen LogP contribution in [0.3, 0.4) is 0 Å². The highest BCUT2D eigenvalue weighted by Gasteiger charge is 2.14. The van der Waals surface area contributed by atoms with Crippen LogP contribution in [0.2, 0.25) is 0 Å². The van der Waals surface area contributed by atoms with Crippen LogP contribution in [0.5, 0.6) is 5.75 Å². The molecule has 0 N–H and O–H groups in total. The molecule has 3 nitrogen and oxygen atoms in total. The number of carbonyl (C=O) groups is 1. The van der Waals surface area contributed by atoms with Crippen LogP contribution >= 0.6 is 12.4 Å². The molecule has 0 atom stereocenters. The number of ether oxygens (including phenoxy) is 1. The van der Waals surface area contributed by atoms with Gasteiger partial charge in [0.05, 0.1) is 6.61 Å². The minimum Gasteiger partial charge on any atom is -0.493 e. The minimum atomic E-state index is 0. The molecule has 1 heterocycles. The predicted molar refractivity (Wildman–Crippen MR) is 121 cm³/mol. The molecule has 160 valence electrons. The highest BCUT2D eigenvalue weighted by atomic mass is 35.5. The first-order valence-electron chi connectivity index (χ1n) is 11.3. The van der Waals surface area contributed by atoms with Crippen molar-refractivity contribution in [2.24, 2.45) is 0 Å². The van der Waals surface area contributed by atoms with Crippen molar-refractivity contribution in [3.05, 3.63) is 29.3 Å². The number of Topliss-reactive ketones (excluding diaryl/α,β-unsaturated/α-hetero) is 1. The first-order valence-corrected chi connectivity index (χ1v) is 11.3. The Labute approximate surface area is 178 Å². The number of piperidine rings is 1. The Morgan fingerprint density at radius 1 is 1.00 bits per heavy atom. The molecule has 0 aromatic heterocycles. The van der Waals surface area contributed by atoms with Gasteiger partial charge >= 0.3 is 0 Å². The van der Waals surface area contributed by atoms with Crippen LogP contribution in [-0.2, 0) is 6.42 Å². The van der Waals surface area contributed by atoms with E-state index in [-0.39, 0.29) is 18.2 Å². The second kappa shape index (κ2) is 14.9. The largest absolute Gasteiger partial charge is 0.493 e. The molecule has 0 unspecified atom stereocenters. The number of nitrogens with zero attached hydrogens (tertiary/aromatic N) is 1. The van der Waals surface area contributed by atoms with E-state index in [9.17, 15) is 4.79 Å². The zero-order chi connectivity index (χ0) is 19.3. The molecule has 4 heteroatoms. The van der Waals surface area contributed by atoms with E-state index in [0.717, 1.165) is 56.0 Å². The highest BCUT2D eigenvalue weighted by Crippen LogP contribution is 2.22. The number of ketones is 1. The smallest absolute Gasteiger partial charge is 0.164 e. The summed E-state index contributed by atoms with van der Waals surface area (Å²) in [6.45, 7) is 8.36. The molecule has 1 aromatic carbocycles. The molecule has 0 saturated carbocycles. The summed E-state index contributed by atoms with van der Waals surface area (Å²) in [6, 6.07) is 6.01. The number of benzene rings is 1. The first-order chi connectivity index (χ1) is 13.2. The Hall–Kier alpha value is -1.06. The van der Waals surface area contributed by atoms with Gasteiger partial charge in [0, 0.05) is 18.5 Å². The van der Waals surface area contributed by atoms with Gasteiger partial charge in [0.1, 0.15) is 5.75 Å². The Bertz CT molecular complexity index is 556. The molecule has 0 aliphatic carbocycles. The summed E-state index contributed by atoms with van der Waals surface area (Å²) in [5.41, 5.74) is 2.00. The molecular formula is C24H40ClNO2. The third kappa shape index (κ3) is 8.96. The number of unbranched alkanes of at least 4 members (excludes halogenated alkanes) is 5. The fourth-order valence-corrected chi connectivity index (χ4v) is 3.82. The van der Waals surface area contributed by atoms with E-state index in [2.05, 4.69) is 24.8 Å². The van der Waals surface area contributed by atoms with Gasteiger partial charge < -0.3 is 9.64 Å². The number of aryl methyl sites for hydroxylation is 1. The lowest BCUT2D eigenvalue weighted by atomic mass is 10.0. The monoisotopic (exact) mass is 409 g/mol. The molecule has 0 radical (unpaired) electrons. The molecule has 1 fully saturated rings. The average Bonchev–Trinajstić information content (AvgIpc) is 2.72. The van der Waals surface area contributed by atoms with Gasteiger partial charge in [-0.15, -0.1) is 12.4 Å². The third-order valence-corrected chi connectivity index (χ3v) is 5.62. The standard InChI is InChI=1S/C24H39NO2.ClH/c1-3-5-6-7-8-12-19-27-24-14-13-22(20-21(24)4-2)23(26)15-18-25-16-10-9-11-17-25;/h13-14,20H,3-12,15-19H2,1-2H3;1H. The number of hydrogen-bond donors (Lipinski definition) is 0. The van der Waals surface area contributed by atoms with Crippen LogP contribution in [0.15, 0.2) is 18.2 Å². The van der Waals surface area contributed by atoms with Crippen LogP contribution in [0.25, 0.3) is 0 Å². The Morgan fingerprint density at radius 3 is 2.43 bits per heavy atom. The normalized spacial score (nSPS) is 14.5. The van der Waals surface area contributed by atoms with Gasteiger partial charge in [-0.05, 0) is 62.5 Å². The van der Waals surface area contributed by atoms with E-state index in [1.807, 2.05) is 12.1 Å². The summed E-state index contributed by atoms with van der Waals surface area (Å²) in [6.07, 6.45) is 13.1. The van der Waals surface area contributed by atoms with E-state index >= 15 is 0 Å². The molecular weight excluding hydrogens is 370 g/mol. The van der Waals surface area contributed by atoms with Crippen molar-refractivity contribution < 1.29 is 9.53 Å². The molecule has 28 heavy (non-hydrogen) atoms. The second-order valence-corrected chi connectivity index (χ2v) is 7.87. The van der Waals surface area contributed by atoms with E-state index < -0.39 is 0 Å². The Balaban J connectivity index is 0.00000392. The molecule has 0 spiro atoms. The zero-order valence-electron chi connectivity index (χ0n) is 18.0. The van der Waals surface area contributed by atoms with E-state index in [4.69, 9.17) is 4.74 Å². The SMILES string of the molecule is CCCCCCCCOc1ccc(C(=O)CCN2CCCCC2)cc1CC.Cl. The topological polar surface area (TPSA) is 29.5 Å². The van der Waals surface area contributed by atoms with Crippen LogP contribution in [0.1, 0.15) is 94.0 Å². The van der Waals surface area contributed by atoms with Crippen molar-refractivity contribution in [1.29, 1.82) is 0 Å². The zero-order valence-corrected chi connectivity index (χ0v) is 18.8. The maximum Gasteiger partial charge on any atom is 0.164 e. The minimum absolute atomic E-state index is 0. The van der Waals surface area contributed by atoms with Crippen molar-refractivity contribution in [3.8, 4) is 5.75 Å².